The summed E-state index contributed by atoms with van der Waals surface area (Å²) in [6.45, 7) is 2.00. The van der Waals surface area contributed by atoms with Gasteiger partial charge in [0, 0.05) is 5.56 Å². The van der Waals surface area contributed by atoms with E-state index in [1.54, 1.807) is 13.3 Å². The molecule has 0 fully saturated rings. The second-order valence-electron chi connectivity index (χ2n) is 2.61. The van der Waals surface area contributed by atoms with E-state index in [1.807, 2.05) is 25.1 Å². The van der Waals surface area contributed by atoms with E-state index in [1.165, 1.54) is 7.11 Å². The molecule has 0 heterocycles. The van der Waals surface area contributed by atoms with Gasteiger partial charge in [-0.1, -0.05) is 17.3 Å². The number of hydrogen-bond acceptors (Lipinski definition) is 3. The number of aryl methyl sites for hydroxylation is 1. The van der Waals surface area contributed by atoms with Gasteiger partial charge in [-0.25, -0.2) is 0 Å². The lowest BCUT2D eigenvalue weighted by molar-refractivity contribution is 0.215. The lowest BCUT2D eigenvalue weighted by atomic mass is 10.1. The van der Waals surface area contributed by atoms with E-state index in [9.17, 15) is 0 Å². The molecule has 1 rings (SSSR count). The van der Waals surface area contributed by atoms with Crippen molar-refractivity contribution in [1.29, 1.82) is 0 Å². The van der Waals surface area contributed by atoms with E-state index in [-0.39, 0.29) is 0 Å². The standard InChI is InChI=1S/C10H13NO2/c1-8-5-4-6-10(12-2)9(8)7-11-13-3/h4-7H,1-3H3/b11-7+. The first-order valence-corrected chi connectivity index (χ1v) is 3.99. The summed E-state index contributed by atoms with van der Waals surface area (Å²) in [5.41, 5.74) is 2.06. The van der Waals surface area contributed by atoms with Crippen molar-refractivity contribution in [2.75, 3.05) is 14.2 Å². The van der Waals surface area contributed by atoms with Gasteiger partial charge in [0.1, 0.15) is 12.9 Å². The Balaban J connectivity index is 3.07. The van der Waals surface area contributed by atoms with Crippen LogP contribution >= 0.6 is 0 Å². The lowest BCUT2D eigenvalue weighted by Gasteiger charge is -2.05. The zero-order valence-corrected chi connectivity index (χ0v) is 8.07. The molecule has 0 spiro atoms. The van der Waals surface area contributed by atoms with Crippen molar-refractivity contribution < 1.29 is 9.57 Å². The summed E-state index contributed by atoms with van der Waals surface area (Å²) < 4.78 is 5.18. The van der Waals surface area contributed by atoms with Crippen molar-refractivity contribution in [3.63, 3.8) is 0 Å². The minimum atomic E-state index is 0.806. The van der Waals surface area contributed by atoms with Gasteiger partial charge in [0.05, 0.1) is 13.3 Å². The molecule has 0 unspecified atom stereocenters. The van der Waals surface area contributed by atoms with Crippen molar-refractivity contribution in [3.8, 4) is 5.75 Å². The van der Waals surface area contributed by atoms with Crippen molar-refractivity contribution in [1.82, 2.24) is 0 Å². The maximum Gasteiger partial charge on any atom is 0.128 e. The van der Waals surface area contributed by atoms with E-state index >= 15 is 0 Å². The van der Waals surface area contributed by atoms with E-state index in [2.05, 4.69) is 9.99 Å². The number of rotatable bonds is 3. The van der Waals surface area contributed by atoms with Crippen LogP contribution in [-0.4, -0.2) is 20.4 Å². The van der Waals surface area contributed by atoms with Crippen molar-refractivity contribution in [2.24, 2.45) is 5.16 Å². The molecule has 70 valence electrons. The zero-order chi connectivity index (χ0) is 9.68. The Labute approximate surface area is 78.0 Å². The smallest absolute Gasteiger partial charge is 0.128 e. The van der Waals surface area contributed by atoms with Crippen LogP contribution in [0.5, 0.6) is 5.75 Å². The van der Waals surface area contributed by atoms with Crippen molar-refractivity contribution in [2.45, 2.75) is 6.92 Å². The number of hydrogen-bond donors (Lipinski definition) is 0. The number of ether oxygens (including phenoxy) is 1. The Morgan fingerprint density at radius 2 is 2.08 bits per heavy atom. The fourth-order valence-corrected chi connectivity index (χ4v) is 1.10. The molecule has 0 radical (unpaired) electrons. The highest BCUT2D eigenvalue weighted by Gasteiger charge is 2.02. The summed E-state index contributed by atoms with van der Waals surface area (Å²) in [6, 6.07) is 5.84. The minimum absolute atomic E-state index is 0.806. The SMILES string of the molecule is CO/N=C/c1c(C)cccc1OC. The van der Waals surface area contributed by atoms with Crippen molar-refractivity contribution >= 4 is 6.21 Å². The van der Waals surface area contributed by atoms with E-state index < -0.39 is 0 Å². The highest BCUT2D eigenvalue weighted by molar-refractivity contribution is 5.85. The molecule has 0 atom stereocenters. The fourth-order valence-electron chi connectivity index (χ4n) is 1.10. The van der Waals surface area contributed by atoms with Gasteiger partial charge in [0.15, 0.2) is 0 Å². The first-order valence-electron chi connectivity index (χ1n) is 3.99. The lowest BCUT2D eigenvalue weighted by Crippen LogP contribution is -1.93. The van der Waals surface area contributed by atoms with Gasteiger partial charge in [0.25, 0.3) is 0 Å². The van der Waals surface area contributed by atoms with Crippen LogP contribution < -0.4 is 4.74 Å². The summed E-state index contributed by atoms with van der Waals surface area (Å²) in [4.78, 5) is 4.61. The molecular weight excluding hydrogens is 166 g/mol. The highest BCUT2D eigenvalue weighted by Crippen LogP contribution is 2.19. The molecule has 0 saturated heterocycles. The van der Waals surface area contributed by atoms with Crippen LogP contribution in [-0.2, 0) is 4.84 Å². The van der Waals surface area contributed by atoms with Crippen LogP contribution in [0.15, 0.2) is 23.4 Å². The third-order valence-corrected chi connectivity index (χ3v) is 1.79. The number of methoxy groups -OCH3 is 1. The third kappa shape index (κ3) is 2.21. The summed E-state index contributed by atoms with van der Waals surface area (Å²) in [5.74, 6) is 0.806. The van der Waals surface area contributed by atoms with Crippen molar-refractivity contribution in [3.05, 3.63) is 29.3 Å². The molecule has 0 N–H and O–H groups in total. The minimum Gasteiger partial charge on any atom is -0.496 e. The molecule has 0 saturated carbocycles. The monoisotopic (exact) mass is 179 g/mol. The molecule has 13 heavy (non-hydrogen) atoms. The highest BCUT2D eigenvalue weighted by atomic mass is 16.6. The Hall–Kier alpha value is -1.51. The van der Waals surface area contributed by atoms with Gasteiger partial charge in [-0.3, -0.25) is 0 Å². The Morgan fingerprint density at radius 1 is 1.31 bits per heavy atom. The molecule has 0 bridgehead atoms. The third-order valence-electron chi connectivity index (χ3n) is 1.79. The first-order chi connectivity index (χ1) is 6.29. The van der Waals surface area contributed by atoms with Crippen LogP contribution in [0.2, 0.25) is 0 Å². The second kappa shape index (κ2) is 4.50. The average Bonchev–Trinajstić information content (AvgIpc) is 2.15. The zero-order valence-electron chi connectivity index (χ0n) is 8.07. The molecule has 0 amide bonds. The second-order valence-corrected chi connectivity index (χ2v) is 2.61. The van der Waals surface area contributed by atoms with E-state index in [4.69, 9.17) is 4.74 Å². The fraction of sp³-hybridized carbons (Fsp3) is 0.300. The molecule has 1 aromatic carbocycles. The van der Waals surface area contributed by atoms with Gasteiger partial charge in [-0.15, -0.1) is 0 Å². The predicted octanol–water partition coefficient (Wildman–Crippen LogP) is 1.98. The summed E-state index contributed by atoms with van der Waals surface area (Å²) in [5, 5.41) is 3.71. The topological polar surface area (TPSA) is 30.8 Å². The summed E-state index contributed by atoms with van der Waals surface area (Å²) in [7, 11) is 3.15. The average molecular weight is 179 g/mol. The molecule has 3 heteroatoms. The van der Waals surface area contributed by atoms with E-state index in [0.29, 0.717) is 0 Å². The Kier molecular flexibility index (Phi) is 3.31. The van der Waals surface area contributed by atoms with Crippen LogP contribution in [0.25, 0.3) is 0 Å². The number of benzene rings is 1. The van der Waals surface area contributed by atoms with Crippen LogP contribution in [0.3, 0.4) is 0 Å². The number of nitrogens with zero attached hydrogens (tertiary/aromatic N) is 1. The van der Waals surface area contributed by atoms with Gasteiger partial charge >= 0.3 is 0 Å². The molecular formula is C10H13NO2. The molecule has 0 aliphatic rings. The molecule has 0 aromatic heterocycles. The maximum absolute atomic E-state index is 5.18. The van der Waals surface area contributed by atoms with Gasteiger partial charge in [0.2, 0.25) is 0 Å². The van der Waals surface area contributed by atoms with Crippen LogP contribution in [0, 0.1) is 6.92 Å². The first kappa shape index (κ1) is 9.58. The molecule has 1 aromatic rings. The summed E-state index contributed by atoms with van der Waals surface area (Å²) >= 11 is 0. The predicted molar refractivity (Wildman–Crippen MR) is 52.3 cm³/mol. The molecule has 3 nitrogen and oxygen atoms in total. The van der Waals surface area contributed by atoms with Crippen LogP contribution in [0.4, 0.5) is 0 Å². The summed E-state index contributed by atoms with van der Waals surface area (Å²) in [6.07, 6.45) is 1.65. The number of oxime groups is 1. The normalized spacial score (nSPS) is 10.4. The van der Waals surface area contributed by atoms with Crippen LogP contribution in [0.1, 0.15) is 11.1 Å². The quantitative estimate of drug-likeness (QED) is 0.524. The Morgan fingerprint density at radius 3 is 2.69 bits per heavy atom. The Bertz CT molecular complexity index is 308. The molecule has 0 aliphatic heterocycles. The van der Waals surface area contributed by atoms with Gasteiger partial charge in [-0.2, -0.15) is 0 Å². The molecule has 0 aliphatic carbocycles. The van der Waals surface area contributed by atoms with E-state index in [0.717, 1.165) is 16.9 Å². The largest absolute Gasteiger partial charge is 0.496 e. The van der Waals surface area contributed by atoms with Gasteiger partial charge in [-0.05, 0) is 18.6 Å². The maximum atomic E-state index is 5.18. The van der Waals surface area contributed by atoms with Gasteiger partial charge < -0.3 is 9.57 Å².